The quantitative estimate of drug-likeness (QED) is 0.642. The van der Waals surface area contributed by atoms with Crippen molar-refractivity contribution in [2.75, 3.05) is 12.3 Å². The summed E-state index contributed by atoms with van der Waals surface area (Å²) in [6.45, 7) is 1.92. The van der Waals surface area contributed by atoms with Gasteiger partial charge in [0, 0.05) is 13.0 Å². The number of carbonyl (C=O) groups excluding carboxylic acids is 2. The van der Waals surface area contributed by atoms with E-state index in [1.807, 2.05) is 0 Å². The molecule has 1 heterocycles. The summed E-state index contributed by atoms with van der Waals surface area (Å²) in [5, 5.41) is 2.56. The summed E-state index contributed by atoms with van der Waals surface area (Å²) in [4.78, 5) is 26.1. The third kappa shape index (κ3) is 3.23. The number of aryl methyl sites for hydroxylation is 1. The van der Waals surface area contributed by atoms with E-state index in [0.29, 0.717) is 16.9 Å². The van der Waals surface area contributed by atoms with Crippen LogP contribution in [0.15, 0.2) is 12.3 Å². The van der Waals surface area contributed by atoms with Crippen LogP contribution in [0.3, 0.4) is 0 Å². The number of hydrogen-bond acceptors (Lipinski definition) is 4. The van der Waals surface area contributed by atoms with Crippen molar-refractivity contribution in [1.29, 1.82) is 0 Å². The fourth-order valence-corrected chi connectivity index (χ4v) is 1.17. The molecule has 0 unspecified atom stereocenters. The Morgan fingerprint density at radius 1 is 1.50 bits per heavy atom. The van der Waals surface area contributed by atoms with Gasteiger partial charge in [0.15, 0.2) is 0 Å². The molecule has 1 aromatic rings. The van der Waals surface area contributed by atoms with Gasteiger partial charge < -0.3 is 16.8 Å². The Balaban J connectivity index is 2.65. The zero-order valence-corrected chi connectivity index (χ0v) is 8.99. The highest BCUT2D eigenvalue weighted by Gasteiger charge is 2.09. The van der Waals surface area contributed by atoms with Crippen LogP contribution in [0, 0.1) is 6.92 Å². The van der Waals surface area contributed by atoms with Crippen molar-refractivity contribution < 1.29 is 9.59 Å². The summed E-state index contributed by atoms with van der Waals surface area (Å²) in [5.41, 5.74) is 11.9. The Kier molecular flexibility index (Phi) is 3.82. The number of nitrogens with zero attached hydrogens (tertiary/aromatic N) is 1. The van der Waals surface area contributed by atoms with Gasteiger partial charge >= 0.3 is 0 Å². The number of amides is 2. The van der Waals surface area contributed by atoms with E-state index in [1.165, 1.54) is 6.20 Å². The summed E-state index contributed by atoms with van der Waals surface area (Å²) in [7, 11) is 0. The van der Waals surface area contributed by atoms with Crippen molar-refractivity contribution in [2.45, 2.75) is 13.3 Å². The number of pyridine rings is 1. The lowest BCUT2D eigenvalue weighted by atomic mass is 10.2. The van der Waals surface area contributed by atoms with Gasteiger partial charge in [-0.15, -0.1) is 0 Å². The molecule has 1 aromatic heterocycles. The van der Waals surface area contributed by atoms with Crippen LogP contribution in [0.1, 0.15) is 22.5 Å². The first-order valence-electron chi connectivity index (χ1n) is 4.79. The van der Waals surface area contributed by atoms with E-state index in [4.69, 9.17) is 11.5 Å². The number of aromatic nitrogens is 1. The Hall–Kier alpha value is -2.11. The van der Waals surface area contributed by atoms with Gasteiger partial charge in [0.25, 0.3) is 5.91 Å². The fraction of sp³-hybridized carbons (Fsp3) is 0.300. The second-order valence-electron chi connectivity index (χ2n) is 3.37. The molecular formula is C10H14N4O2. The van der Waals surface area contributed by atoms with Crippen molar-refractivity contribution in [3.05, 3.63) is 23.5 Å². The van der Waals surface area contributed by atoms with Crippen LogP contribution < -0.4 is 16.8 Å². The predicted octanol–water partition coefficient (Wildman–Crippen LogP) is -0.423. The Morgan fingerprint density at radius 2 is 2.19 bits per heavy atom. The summed E-state index contributed by atoms with van der Waals surface area (Å²) in [5.74, 6) is -0.763. The number of hydrogen-bond donors (Lipinski definition) is 3. The minimum Gasteiger partial charge on any atom is -0.397 e. The van der Waals surface area contributed by atoms with Gasteiger partial charge in [-0.3, -0.25) is 14.6 Å². The highest BCUT2D eigenvalue weighted by Crippen LogP contribution is 2.08. The maximum absolute atomic E-state index is 11.6. The zero-order chi connectivity index (χ0) is 12.1. The Labute approximate surface area is 93.0 Å². The first-order chi connectivity index (χ1) is 7.50. The Morgan fingerprint density at radius 3 is 2.81 bits per heavy atom. The second-order valence-corrected chi connectivity index (χ2v) is 3.37. The molecule has 86 valence electrons. The number of nitrogen functional groups attached to an aromatic ring is 1. The van der Waals surface area contributed by atoms with Crippen LogP contribution in [0.5, 0.6) is 0 Å². The first kappa shape index (κ1) is 12.0. The fourth-order valence-electron chi connectivity index (χ4n) is 1.17. The van der Waals surface area contributed by atoms with E-state index >= 15 is 0 Å². The summed E-state index contributed by atoms with van der Waals surface area (Å²) in [6.07, 6.45) is 1.59. The normalized spacial score (nSPS) is 9.81. The van der Waals surface area contributed by atoms with Gasteiger partial charge in [0.1, 0.15) is 0 Å². The SMILES string of the molecule is Cc1ncc(N)cc1C(=O)NCCC(N)=O. The molecule has 1 rings (SSSR count). The van der Waals surface area contributed by atoms with Gasteiger partial charge in [-0.05, 0) is 13.0 Å². The minimum atomic E-state index is -0.456. The molecule has 0 aromatic carbocycles. The maximum Gasteiger partial charge on any atom is 0.253 e. The molecule has 0 aliphatic rings. The Bertz CT molecular complexity index is 417. The standard InChI is InChI=1S/C10H14N4O2/c1-6-8(4-7(11)5-14-6)10(16)13-3-2-9(12)15/h4-5H,2-3,11H2,1H3,(H2,12,15)(H,13,16). The van der Waals surface area contributed by atoms with Crippen LogP contribution in [-0.2, 0) is 4.79 Å². The summed E-state index contributed by atoms with van der Waals surface area (Å²) < 4.78 is 0. The lowest BCUT2D eigenvalue weighted by Crippen LogP contribution is -2.28. The molecule has 5 N–H and O–H groups in total. The molecule has 0 radical (unpaired) electrons. The van der Waals surface area contributed by atoms with E-state index in [0.717, 1.165) is 0 Å². The predicted molar refractivity (Wildman–Crippen MR) is 59.5 cm³/mol. The second kappa shape index (κ2) is 5.11. The van der Waals surface area contributed by atoms with Crippen LogP contribution in [0.4, 0.5) is 5.69 Å². The highest BCUT2D eigenvalue weighted by molar-refractivity contribution is 5.96. The molecule has 2 amide bonds. The van der Waals surface area contributed by atoms with Crippen LogP contribution in [0.2, 0.25) is 0 Å². The van der Waals surface area contributed by atoms with Gasteiger partial charge in [0.05, 0.1) is 23.1 Å². The topological polar surface area (TPSA) is 111 Å². The van der Waals surface area contributed by atoms with Crippen molar-refractivity contribution in [3.63, 3.8) is 0 Å². The monoisotopic (exact) mass is 222 g/mol. The van der Waals surface area contributed by atoms with Crippen LogP contribution in [0.25, 0.3) is 0 Å². The van der Waals surface area contributed by atoms with Crippen LogP contribution >= 0.6 is 0 Å². The minimum absolute atomic E-state index is 0.112. The number of primary amides is 1. The van der Waals surface area contributed by atoms with E-state index in [1.54, 1.807) is 13.0 Å². The molecule has 0 spiro atoms. The van der Waals surface area contributed by atoms with E-state index < -0.39 is 5.91 Å². The maximum atomic E-state index is 11.6. The average Bonchev–Trinajstić information content (AvgIpc) is 2.21. The third-order valence-corrected chi connectivity index (χ3v) is 2.01. The number of carbonyl (C=O) groups is 2. The molecule has 6 heteroatoms. The van der Waals surface area contributed by atoms with E-state index in [-0.39, 0.29) is 18.9 Å². The molecular weight excluding hydrogens is 208 g/mol. The number of rotatable bonds is 4. The van der Waals surface area contributed by atoms with E-state index in [2.05, 4.69) is 10.3 Å². The van der Waals surface area contributed by atoms with Crippen molar-refractivity contribution in [2.24, 2.45) is 5.73 Å². The van der Waals surface area contributed by atoms with Crippen LogP contribution in [-0.4, -0.2) is 23.3 Å². The van der Waals surface area contributed by atoms with Crippen molar-refractivity contribution >= 4 is 17.5 Å². The highest BCUT2D eigenvalue weighted by atomic mass is 16.2. The van der Waals surface area contributed by atoms with Gasteiger partial charge in [-0.2, -0.15) is 0 Å². The van der Waals surface area contributed by atoms with Crippen molar-refractivity contribution in [1.82, 2.24) is 10.3 Å². The molecule has 0 saturated carbocycles. The molecule has 0 atom stereocenters. The molecule has 0 saturated heterocycles. The third-order valence-electron chi connectivity index (χ3n) is 2.01. The van der Waals surface area contributed by atoms with Gasteiger partial charge in [-0.1, -0.05) is 0 Å². The lowest BCUT2D eigenvalue weighted by molar-refractivity contribution is -0.117. The molecule has 0 bridgehead atoms. The van der Waals surface area contributed by atoms with Gasteiger partial charge in [0.2, 0.25) is 5.91 Å². The summed E-state index contributed by atoms with van der Waals surface area (Å²) in [6, 6.07) is 1.54. The zero-order valence-electron chi connectivity index (χ0n) is 8.99. The molecule has 0 aliphatic heterocycles. The lowest BCUT2D eigenvalue weighted by Gasteiger charge is -2.06. The summed E-state index contributed by atoms with van der Waals surface area (Å²) >= 11 is 0. The first-order valence-corrected chi connectivity index (χ1v) is 4.79. The molecule has 16 heavy (non-hydrogen) atoms. The average molecular weight is 222 g/mol. The molecule has 0 aliphatic carbocycles. The number of nitrogens with two attached hydrogens (primary N) is 2. The largest absolute Gasteiger partial charge is 0.397 e. The molecule has 0 fully saturated rings. The number of anilines is 1. The van der Waals surface area contributed by atoms with E-state index in [9.17, 15) is 9.59 Å². The smallest absolute Gasteiger partial charge is 0.253 e. The van der Waals surface area contributed by atoms with Gasteiger partial charge in [-0.25, -0.2) is 0 Å². The molecule has 6 nitrogen and oxygen atoms in total. The number of nitrogens with one attached hydrogen (secondary N) is 1. The van der Waals surface area contributed by atoms with Crippen molar-refractivity contribution in [3.8, 4) is 0 Å².